The summed E-state index contributed by atoms with van der Waals surface area (Å²) in [7, 11) is 0. The number of nitrogens with zero attached hydrogens (tertiary/aromatic N) is 4. The molecule has 0 bridgehead atoms. The maximum Gasteiger partial charge on any atom is 0.341 e. The van der Waals surface area contributed by atoms with Gasteiger partial charge < -0.3 is 20.2 Å². The van der Waals surface area contributed by atoms with Gasteiger partial charge in [0.1, 0.15) is 22.9 Å². The van der Waals surface area contributed by atoms with Crippen LogP contribution in [0, 0.1) is 5.82 Å². The standard InChI is InChI=1S/C17H15FN4O4/c18-9-1-2-14(24)11(5-9)13-6-10(23)8-21(13)15-3-4-22-16(20-15)12(7-19-22)17(25)26/h1-5,7,10,13,23-24H,6,8H2,(H,25,26). The van der Waals surface area contributed by atoms with E-state index in [0.717, 1.165) is 6.07 Å². The second-order valence-corrected chi connectivity index (χ2v) is 6.18. The minimum Gasteiger partial charge on any atom is -0.508 e. The summed E-state index contributed by atoms with van der Waals surface area (Å²) < 4.78 is 15.0. The molecular weight excluding hydrogens is 343 g/mol. The molecule has 0 amide bonds. The third-order valence-corrected chi connectivity index (χ3v) is 4.51. The van der Waals surface area contributed by atoms with Crippen LogP contribution in [0.15, 0.2) is 36.7 Å². The molecule has 0 saturated carbocycles. The van der Waals surface area contributed by atoms with Gasteiger partial charge in [-0.25, -0.2) is 18.7 Å². The Balaban J connectivity index is 1.80. The van der Waals surface area contributed by atoms with Gasteiger partial charge in [-0.2, -0.15) is 5.10 Å². The fourth-order valence-corrected chi connectivity index (χ4v) is 3.32. The third-order valence-electron chi connectivity index (χ3n) is 4.51. The number of carboxylic acid groups (broad SMARTS) is 1. The molecule has 3 aromatic rings. The van der Waals surface area contributed by atoms with E-state index >= 15 is 0 Å². The zero-order chi connectivity index (χ0) is 18.4. The Morgan fingerprint density at radius 2 is 2.12 bits per heavy atom. The molecule has 2 aromatic heterocycles. The number of anilines is 1. The Morgan fingerprint density at radius 1 is 1.31 bits per heavy atom. The molecule has 0 radical (unpaired) electrons. The van der Waals surface area contributed by atoms with Crippen LogP contribution in [0.1, 0.15) is 28.4 Å². The number of rotatable bonds is 3. The van der Waals surface area contributed by atoms with E-state index in [4.69, 9.17) is 0 Å². The highest BCUT2D eigenvalue weighted by Gasteiger charge is 2.35. The van der Waals surface area contributed by atoms with Crippen molar-refractivity contribution in [3.63, 3.8) is 0 Å². The van der Waals surface area contributed by atoms with Crippen molar-refractivity contribution < 1.29 is 24.5 Å². The molecule has 2 unspecified atom stereocenters. The van der Waals surface area contributed by atoms with Crippen LogP contribution in [0.3, 0.4) is 0 Å². The zero-order valence-electron chi connectivity index (χ0n) is 13.4. The van der Waals surface area contributed by atoms with Gasteiger partial charge >= 0.3 is 5.97 Å². The van der Waals surface area contributed by atoms with Crippen molar-refractivity contribution in [2.24, 2.45) is 0 Å². The number of aromatic nitrogens is 3. The predicted molar refractivity (Wildman–Crippen MR) is 88.7 cm³/mol. The Morgan fingerprint density at radius 3 is 2.88 bits per heavy atom. The van der Waals surface area contributed by atoms with E-state index in [1.165, 1.54) is 22.8 Å². The van der Waals surface area contributed by atoms with Crippen LogP contribution in [0.4, 0.5) is 10.2 Å². The van der Waals surface area contributed by atoms with Gasteiger partial charge in [0.2, 0.25) is 0 Å². The summed E-state index contributed by atoms with van der Waals surface area (Å²) in [6.07, 6.45) is 2.37. The summed E-state index contributed by atoms with van der Waals surface area (Å²) in [6, 6.07) is 4.79. The van der Waals surface area contributed by atoms with Crippen molar-refractivity contribution in [2.45, 2.75) is 18.6 Å². The van der Waals surface area contributed by atoms with Crippen molar-refractivity contribution >= 4 is 17.4 Å². The molecule has 1 aromatic carbocycles. The molecule has 1 aliphatic heterocycles. The molecule has 8 nitrogen and oxygen atoms in total. The van der Waals surface area contributed by atoms with Crippen LogP contribution in [-0.4, -0.2) is 48.5 Å². The summed E-state index contributed by atoms with van der Waals surface area (Å²) in [6.45, 7) is 0.223. The van der Waals surface area contributed by atoms with Crippen LogP contribution in [0.25, 0.3) is 5.65 Å². The van der Waals surface area contributed by atoms with Gasteiger partial charge in [0.05, 0.1) is 18.3 Å². The Hall–Kier alpha value is -3.20. The van der Waals surface area contributed by atoms with E-state index in [2.05, 4.69) is 10.1 Å². The smallest absolute Gasteiger partial charge is 0.341 e. The highest BCUT2D eigenvalue weighted by Crippen LogP contribution is 2.39. The van der Waals surface area contributed by atoms with Crippen LogP contribution in [0.2, 0.25) is 0 Å². The molecule has 4 rings (SSSR count). The first-order valence-corrected chi connectivity index (χ1v) is 7.95. The Kier molecular flexibility index (Phi) is 3.73. The number of β-amino-alcohol motifs (C(OH)–C–C–N with tert-alkyl or cyclic N) is 1. The number of phenolic OH excluding ortho intramolecular Hbond substituents is 1. The number of benzene rings is 1. The fraction of sp³-hybridized carbons (Fsp3) is 0.235. The van der Waals surface area contributed by atoms with Gasteiger partial charge in [0, 0.05) is 18.3 Å². The number of carbonyl (C=O) groups is 1. The average molecular weight is 358 g/mol. The van der Waals surface area contributed by atoms with Crippen molar-refractivity contribution in [3.8, 4) is 5.75 Å². The van der Waals surface area contributed by atoms with E-state index in [1.807, 2.05) is 0 Å². The molecule has 9 heteroatoms. The number of aromatic carboxylic acids is 1. The van der Waals surface area contributed by atoms with E-state index in [0.29, 0.717) is 11.4 Å². The quantitative estimate of drug-likeness (QED) is 0.652. The summed E-state index contributed by atoms with van der Waals surface area (Å²) in [5, 5.41) is 33.4. The summed E-state index contributed by atoms with van der Waals surface area (Å²) in [5.41, 5.74) is 0.463. The monoisotopic (exact) mass is 358 g/mol. The molecule has 26 heavy (non-hydrogen) atoms. The predicted octanol–water partition coefficient (Wildman–Crippen LogP) is 1.58. The SMILES string of the molecule is O=C(O)c1cnn2ccc(N3CC(O)CC3c3cc(F)ccc3O)nc12. The lowest BCUT2D eigenvalue weighted by molar-refractivity contribution is 0.0698. The number of hydrogen-bond acceptors (Lipinski definition) is 6. The normalized spacial score (nSPS) is 20.0. The minimum atomic E-state index is -1.15. The van der Waals surface area contributed by atoms with E-state index in [1.54, 1.807) is 17.2 Å². The first-order chi connectivity index (χ1) is 12.4. The fourth-order valence-electron chi connectivity index (χ4n) is 3.32. The summed E-state index contributed by atoms with van der Waals surface area (Å²) in [4.78, 5) is 17.4. The number of aliphatic hydroxyl groups is 1. The molecule has 1 fully saturated rings. The molecule has 0 aliphatic carbocycles. The molecule has 3 N–H and O–H groups in total. The highest BCUT2D eigenvalue weighted by molar-refractivity contribution is 5.94. The zero-order valence-corrected chi connectivity index (χ0v) is 13.4. The lowest BCUT2D eigenvalue weighted by Crippen LogP contribution is -2.25. The van der Waals surface area contributed by atoms with Crippen molar-refractivity contribution in [2.75, 3.05) is 11.4 Å². The highest BCUT2D eigenvalue weighted by atomic mass is 19.1. The number of aromatic hydroxyl groups is 1. The molecule has 1 aliphatic rings. The minimum absolute atomic E-state index is 0.0447. The lowest BCUT2D eigenvalue weighted by Gasteiger charge is -2.26. The van der Waals surface area contributed by atoms with Crippen molar-refractivity contribution in [1.29, 1.82) is 0 Å². The van der Waals surface area contributed by atoms with Crippen molar-refractivity contribution in [1.82, 2.24) is 14.6 Å². The average Bonchev–Trinajstić information content (AvgIpc) is 3.19. The first-order valence-electron chi connectivity index (χ1n) is 7.95. The van der Waals surface area contributed by atoms with Gasteiger partial charge in [-0.15, -0.1) is 0 Å². The van der Waals surface area contributed by atoms with Gasteiger partial charge in [-0.05, 0) is 30.7 Å². The van der Waals surface area contributed by atoms with Crippen LogP contribution < -0.4 is 4.90 Å². The van der Waals surface area contributed by atoms with Crippen molar-refractivity contribution in [3.05, 3.63) is 53.6 Å². The van der Waals surface area contributed by atoms with Gasteiger partial charge in [0.25, 0.3) is 0 Å². The Bertz CT molecular complexity index is 1010. The number of carboxylic acids is 1. The summed E-state index contributed by atoms with van der Waals surface area (Å²) >= 11 is 0. The van der Waals surface area contributed by atoms with E-state index in [-0.39, 0.29) is 29.9 Å². The second kappa shape index (κ2) is 5.95. The molecular formula is C17H15FN4O4. The number of phenols is 1. The van der Waals surface area contributed by atoms with Crippen LogP contribution >= 0.6 is 0 Å². The van der Waals surface area contributed by atoms with Crippen LogP contribution in [-0.2, 0) is 0 Å². The molecule has 3 heterocycles. The lowest BCUT2D eigenvalue weighted by atomic mass is 10.0. The first kappa shape index (κ1) is 16.3. The maximum atomic E-state index is 13.7. The van der Waals surface area contributed by atoms with Gasteiger partial charge in [-0.3, -0.25) is 0 Å². The molecule has 2 atom stereocenters. The van der Waals surface area contributed by atoms with E-state index in [9.17, 15) is 24.5 Å². The largest absolute Gasteiger partial charge is 0.508 e. The molecule has 134 valence electrons. The molecule has 1 saturated heterocycles. The van der Waals surface area contributed by atoms with Gasteiger partial charge in [-0.1, -0.05) is 0 Å². The van der Waals surface area contributed by atoms with E-state index < -0.39 is 23.9 Å². The third kappa shape index (κ3) is 2.62. The topological polar surface area (TPSA) is 111 Å². The number of halogens is 1. The second-order valence-electron chi connectivity index (χ2n) is 6.18. The van der Waals surface area contributed by atoms with Gasteiger partial charge in [0.15, 0.2) is 5.65 Å². The number of hydrogen-bond donors (Lipinski definition) is 3. The van der Waals surface area contributed by atoms with Crippen LogP contribution in [0.5, 0.6) is 5.75 Å². The number of fused-ring (bicyclic) bond motifs is 1. The summed E-state index contributed by atoms with van der Waals surface area (Å²) in [5.74, 6) is -1.31. The maximum absolute atomic E-state index is 13.7. The number of aliphatic hydroxyl groups excluding tert-OH is 1. The Labute approximate surface area is 146 Å². The molecule has 0 spiro atoms.